The van der Waals surface area contributed by atoms with Gasteiger partial charge in [0, 0.05) is 12.6 Å². The van der Waals surface area contributed by atoms with Crippen molar-refractivity contribution in [2.45, 2.75) is 46.1 Å². The van der Waals surface area contributed by atoms with Gasteiger partial charge in [0.05, 0.1) is 6.42 Å². The van der Waals surface area contributed by atoms with Crippen LogP contribution in [0.5, 0.6) is 5.75 Å². The number of carboxylic acids is 1. The van der Waals surface area contributed by atoms with Crippen molar-refractivity contribution in [2.24, 2.45) is 0 Å². The summed E-state index contributed by atoms with van der Waals surface area (Å²) in [6, 6.07) is 7.61. The predicted octanol–water partition coefficient (Wildman–Crippen LogP) is 2.90. The van der Waals surface area contributed by atoms with E-state index in [0.29, 0.717) is 11.7 Å². The van der Waals surface area contributed by atoms with Crippen LogP contribution in [0.1, 0.15) is 45.6 Å². The van der Waals surface area contributed by atoms with E-state index in [4.69, 9.17) is 9.84 Å². The van der Waals surface area contributed by atoms with Crippen molar-refractivity contribution in [2.75, 3.05) is 13.2 Å². The Morgan fingerprint density at radius 3 is 2.45 bits per heavy atom. The normalized spacial score (nSPS) is 10.8. The molecule has 0 atom stereocenters. The van der Waals surface area contributed by atoms with Gasteiger partial charge in [0.15, 0.2) is 6.61 Å². The molecule has 0 aliphatic rings. The van der Waals surface area contributed by atoms with E-state index in [1.54, 1.807) is 0 Å². The van der Waals surface area contributed by atoms with Crippen LogP contribution in [0.25, 0.3) is 0 Å². The lowest BCUT2D eigenvalue weighted by Gasteiger charge is -2.26. The SMILES string of the molecule is CC(C)c1cccc(OCC(=O)N(CCC(=O)O)C(C)C)c1. The first-order valence-electron chi connectivity index (χ1n) is 7.55. The second kappa shape index (κ2) is 8.41. The van der Waals surface area contributed by atoms with E-state index < -0.39 is 5.97 Å². The lowest BCUT2D eigenvalue weighted by molar-refractivity contribution is -0.139. The van der Waals surface area contributed by atoms with Crippen LogP contribution in [0.4, 0.5) is 0 Å². The quantitative estimate of drug-likeness (QED) is 0.802. The molecule has 0 bridgehead atoms. The molecular weight excluding hydrogens is 282 g/mol. The second-order valence-electron chi connectivity index (χ2n) is 5.84. The van der Waals surface area contributed by atoms with Gasteiger partial charge >= 0.3 is 5.97 Å². The number of rotatable bonds is 8. The lowest BCUT2D eigenvalue weighted by atomic mass is 10.0. The minimum atomic E-state index is -0.913. The van der Waals surface area contributed by atoms with Gasteiger partial charge in [0.1, 0.15) is 5.75 Å². The summed E-state index contributed by atoms with van der Waals surface area (Å²) in [5.74, 6) is -0.0707. The van der Waals surface area contributed by atoms with Crippen LogP contribution in [-0.2, 0) is 9.59 Å². The summed E-state index contributed by atoms with van der Waals surface area (Å²) < 4.78 is 5.56. The van der Waals surface area contributed by atoms with Crippen molar-refractivity contribution in [1.82, 2.24) is 4.90 Å². The van der Waals surface area contributed by atoms with E-state index in [1.165, 1.54) is 4.90 Å². The van der Waals surface area contributed by atoms with Gasteiger partial charge in [-0.15, -0.1) is 0 Å². The molecule has 1 N–H and O–H groups in total. The standard InChI is InChI=1S/C17H25NO4/c1-12(2)14-6-5-7-15(10-14)22-11-16(19)18(13(3)4)9-8-17(20)21/h5-7,10,12-13H,8-9,11H2,1-4H3,(H,20,21). The summed E-state index contributed by atoms with van der Waals surface area (Å²) in [5, 5.41) is 8.75. The molecule has 5 heteroatoms. The molecule has 0 spiro atoms. The smallest absolute Gasteiger partial charge is 0.305 e. The topological polar surface area (TPSA) is 66.8 Å². The van der Waals surface area contributed by atoms with E-state index in [1.807, 2.05) is 38.1 Å². The molecule has 0 radical (unpaired) electrons. The van der Waals surface area contributed by atoms with E-state index in [0.717, 1.165) is 5.56 Å². The molecule has 0 aromatic heterocycles. The van der Waals surface area contributed by atoms with Gasteiger partial charge in [-0.3, -0.25) is 9.59 Å². The molecule has 1 amide bonds. The van der Waals surface area contributed by atoms with Crippen LogP contribution in [0.15, 0.2) is 24.3 Å². The molecule has 1 aromatic rings. The maximum absolute atomic E-state index is 12.2. The average molecular weight is 307 g/mol. The Hall–Kier alpha value is -2.04. The number of hydrogen-bond donors (Lipinski definition) is 1. The van der Waals surface area contributed by atoms with Gasteiger partial charge in [-0.05, 0) is 37.5 Å². The highest BCUT2D eigenvalue weighted by Gasteiger charge is 2.18. The molecule has 5 nitrogen and oxygen atoms in total. The van der Waals surface area contributed by atoms with Gasteiger partial charge in [-0.2, -0.15) is 0 Å². The van der Waals surface area contributed by atoms with Crippen LogP contribution < -0.4 is 4.74 Å². The number of benzene rings is 1. The number of carbonyl (C=O) groups is 2. The monoisotopic (exact) mass is 307 g/mol. The number of ether oxygens (including phenoxy) is 1. The molecule has 1 aromatic carbocycles. The first-order chi connectivity index (χ1) is 10.3. The molecule has 0 saturated heterocycles. The fourth-order valence-electron chi connectivity index (χ4n) is 2.08. The summed E-state index contributed by atoms with van der Waals surface area (Å²) in [4.78, 5) is 24.4. The molecule has 122 valence electrons. The third kappa shape index (κ3) is 5.76. The Kier molecular flexibility index (Phi) is 6.89. The third-order valence-corrected chi connectivity index (χ3v) is 3.40. The molecule has 0 fully saturated rings. The zero-order valence-electron chi connectivity index (χ0n) is 13.7. The van der Waals surface area contributed by atoms with Crippen molar-refractivity contribution in [3.05, 3.63) is 29.8 Å². The van der Waals surface area contributed by atoms with Crippen LogP contribution >= 0.6 is 0 Å². The Balaban J connectivity index is 2.62. The molecule has 1 rings (SSSR count). The minimum Gasteiger partial charge on any atom is -0.484 e. The lowest BCUT2D eigenvalue weighted by Crippen LogP contribution is -2.41. The van der Waals surface area contributed by atoms with Crippen molar-refractivity contribution >= 4 is 11.9 Å². The minimum absolute atomic E-state index is 0.0579. The van der Waals surface area contributed by atoms with Crippen LogP contribution in [0, 0.1) is 0 Å². The van der Waals surface area contributed by atoms with E-state index in [9.17, 15) is 9.59 Å². The third-order valence-electron chi connectivity index (χ3n) is 3.40. The Morgan fingerprint density at radius 2 is 1.91 bits per heavy atom. The highest BCUT2D eigenvalue weighted by atomic mass is 16.5. The number of carboxylic acid groups (broad SMARTS) is 1. The fourth-order valence-corrected chi connectivity index (χ4v) is 2.08. The highest BCUT2D eigenvalue weighted by molar-refractivity contribution is 5.78. The largest absolute Gasteiger partial charge is 0.484 e. The summed E-state index contributed by atoms with van der Waals surface area (Å²) >= 11 is 0. The Labute approximate surface area is 131 Å². The Bertz CT molecular complexity index is 511. The van der Waals surface area contributed by atoms with E-state index in [2.05, 4.69) is 13.8 Å². The first kappa shape index (κ1) is 18.0. The number of aliphatic carboxylic acids is 1. The number of amides is 1. The zero-order valence-corrected chi connectivity index (χ0v) is 13.7. The summed E-state index contributed by atoms with van der Waals surface area (Å²) in [7, 11) is 0. The molecule has 0 saturated carbocycles. The van der Waals surface area contributed by atoms with E-state index in [-0.39, 0.29) is 31.5 Å². The summed E-state index contributed by atoms with van der Waals surface area (Å²) in [5.41, 5.74) is 1.15. The maximum atomic E-state index is 12.2. The molecular formula is C17H25NO4. The van der Waals surface area contributed by atoms with Gasteiger partial charge in [0.25, 0.3) is 5.91 Å². The van der Waals surface area contributed by atoms with Crippen molar-refractivity contribution in [1.29, 1.82) is 0 Å². The number of hydrogen-bond acceptors (Lipinski definition) is 3. The first-order valence-corrected chi connectivity index (χ1v) is 7.55. The summed E-state index contributed by atoms with van der Waals surface area (Å²) in [6.07, 6.45) is -0.0627. The number of carbonyl (C=O) groups excluding carboxylic acids is 1. The van der Waals surface area contributed by atoms with E-state index >= 15 is 0 Å². The predicted molar refractivity (Wildman–Crippen MR) is 85.1 cm³/mol. The molecule has 22 heavy (non-hydrogen) atoms. The fraction of sp³-hybridized carbons (Fsp3) is 0.529. The van der Waals surface area contributed by atoms with Crippen LogP contribution in [0.2, 0.25) is 0 Å². The molecule has 0 heterocycles. The van der Waals surface area contributed by atoms with Crippen molar-refractivity contribution in [3.8, 4) is 5.75 Å². The van der Waals surface area contributed by atoms with Gasteiger partial charge in [-0.1, -0.05) is 26.0 Å². The van der Waals surface area contributed by atoms with Gasteiger partial charge < -0.3 is 14.7 Å². The average Bonchev–Trinajstić information content (AvgIpc) is 2.44. The van der Waals surface area contributed by atoms with Gasteiger partial charge in [-0.25, -0.2) is 0 Å². The zero-order chi connectivity index (χ0) is 16.7. The summed E-state index contributed by atoms with van der Waals surface area (Å²) in [6.45, 7) is 8.02. The van der Waals surface area contributed by atoms with Crippen molar-refractivity contribution < 1.29 is 19.4 Å². The van der Waals surface area contributed by atoms with Crippen molar-refractivity contribution in [3.63, 3.8) is 0 Å². The highest BCUT2D eigenvalue weighted by Crippen LogP contribution is 2.20. The Morgan fingerprint density at radius 1 is 1.23 bits per heavy atom. The number of nitrogens with zero attached hydrogens (tertiary/aromatic N) is 1. The van der Waals surface area contributed by atoms with Crippen LogP contribution in [0.3, 0.4) is 0 Å². The second-order valence-corrected chi connectivity index (χ2v) is 5.84. The molecule has 0 aliphatic carbocycles. The van der Waals surface area contributed by atoms with Crippen LogP contribution in [-0.4, -0.2) is 41.1 Å². The molecule has 0 unspecified atom stereocenters. The molecule has 0 aliphatic heterocycles. The van der Waals surface area contributed by atoms with Gasteiger partial charge in [0.2, 0.25) is 0 Å². The maximum Gasteiger partial charge on any atom is 0.305 e.